The first-order valence-electron chi connectivity index (χ1n) is 5.56. The summed E-state index contributed by atoms with van der Waals surface area (Å²) in [4.78, 5) is 13.5. The molecule has 0 aliphatic heterocycles. The van der Waals surface area contributed by atoms with Crippen LogP contribution in [-0.4, -0.2) is 12.0 Å². The quantitative estimate of drug-likeness (QED) is 0.658. The Hall–Kier alpha value is -2.00. The maximum atomic E-state index is 12.1. The van der Waals surface area contributed by atoms with Crippen molar-refractivity contribution in [1.29, 1.82) is 0 Å². The van der Waals surface area contributed by atoms with Crippen molar-refractivity contribution < 1.29 is 4.79 Å². The molecule has 2 aromatic rings. The standard InChI is InChI=1S/C14H13ClN2O/c15-11-17(13-9-5-2-6-10-13)14(18)16-12-7-3-1-4-8-12/h1-10H,11H2,(H,16,18). The van der Waals surface area contributed by atoms with Crippen molar-refractivity contribution in [2.45, 2.75) is 0 Å². The summed E-state index contributed by atoms with van der Waals surface area (Å²) in [7, 11) is 0. The maximum absolute atomic E-state index is 12.1. The van der Waals surface area contributed by atoms with Gasteiger partial charge in [0.25, 0.3) is 0 Å². The molecule has 0 radical (unpaired) electrons. The van der Waals surface area contributed by atoms with Crippen molar-refractivity contribution in [3.63, 3.8) is 0 Å². The lowest BCUT2D eigenvalue weighted by Crippen LogP contribution is -2.33. The number of urea groups is 1. The van der Waals surface area contributed by atoms with Crippen molar-refractivity contribution in [3.05, 3.63) is 60.7 Å². The van der Waals surface area contributed by atoms with Crippen LogP contribution in [-0.2, 0) is 0 Å². The van der Waals surface area contributed by atoms with Gasteiger partial charge in [-0.15, -0.1) is 11.6 Å². The fourth-order valence-electron chi connectivity index (χ4n) is 1.56. The number of anilines is 2. The molecule has 18 heavy (non-hydrogen) atoms. The molecule has 0 aliphatic carbocycles. The average molecular weight is 261 g/mol. The van der Waals surface area contributed by atoms with E-state index < -0.39 is 0 Å². The van der Waals surface area contributed by atoms with Crippen LogP contribution in [0.15, 0.2) is 60.7 Å². The molecular formula is C14H13ClN2O. The van der Waals surface area contributed by atoms with E-state index in [1.807, 2.05) is 60.7 Å². The van der Waals surface area contributed by atoms with Gasteiger partial charge in [0.2, 0.25) is 0 Å². The Morgan fingerprint density at radius 1 is 1.00 bits per heavy atom. The highest BCUT2D eigenvalue weighted by Crippen LogP contribution is 2.16. The Bertz CT molecular complexity index is 502. The first-order valence-corrected chi connectivity index (χ1v) is 6.09. The zero-order valence-electron chi connectivity index (χ0n) is 9.71. The summed E-state index contributed by atoms with van der Waals surface area (Å²) in [6.07, 6.45) is 0. The highest BCUT2D eigenvalue weighted by atomic mass is 35.5. The number of carbonyl (C=O) groups is 1. The van der Waals surface area contributed by atoms with Crippen LogP contribution in [0.25, 0.3) is 0 Å². The molecule has 92 valence electrons. The molecular weight excluding hydrogens is 248 g/mol. The van der Waals surface area contributed by atoms with E-state index in [-0.39, 0.29) is 12.0 Å². The molecule has 4 heteroatoms. The fourth-order valence-corrected chi connectivity index (χ4v) is 1.81. The van der Waals surface area contributed by atoms with Gasteiger partial charge in [-0.2, -0.15) is 0 Å². The van der Waals surface area contributed by atoms with Crippen molar-refractivity contribution in [2.75, 3.05) is 16.2 Å². The second-order valence-electron chi connectivity index (χ2n) is 3.68. The van der Waals surface area contributed by atoms with E-state index in [9.17, 15) is 4.79 Å². The Morgan fingerprint density at radius 3 is 2.11 bits per heavy atom. The van der Waals surface area contributed by atoms with Gasteiger partial charge >= 0.3 is 6.03 Å². The van der Waals surface area contributed by atoms with E-state index in [2.05, 4.69) is 5.32 Å². The monoisotopic (exact) mass is 260 g/mol. The molecule has 0 fully saturated rings. The van der Waals surface area contributed by atoms with E-state index in [4.69, 9.17) is 11.6 Å². The van der Waals surface area contributed by atoms with Crippen LogP contribution in [0.1, 0.15) is 0 Å². The molecule has 0 bridgehead atoms. The number of alkyl halides is 1. The zero-order chi connectivity index (χ0) is 12.8. The largest absolute Gasteiger partial charge is 0.327 e. The minimum atomic E-state index is -0.248. The lowest BCUT2D eigenvalue weighted by atomic mass is 10.3. The normalized spacial score (nSPS) is 9.83. The molecule has 2 rings (SSSR count). The summed E-state index contributed by atoms with van der Waals surface area (Å²) in [5.74, 6) is 0. The molecule has 0 saturated carbocycles. The third kappa shape index (κ3) is 3.02. The van der Waals surface area contributed by atoms with Gasteiger partial charge in [-0.25, -0.2) is 4.79 Å². The van der Waals surface area contributed by atoms with Crippen LogP contribution < -0.4 is 10.2 Å². The van der Waals surface area contributed by atoms with E-state index in [0.29, 0.717) is 0 Å². The number of halogens is 1. The highest BCUT2D eigenvalue weighted by molar-refractivity contribution is 6.22. The Morgan fingerprint density at radius 2 is 1.56 bits per heavy atom. The minimum absolute atomic E-state index is 0.0999. The van der Waals surface area contributed by atoms with Crippen LogP contribution in [0, 0.1) is 0 Å². The van der Waals surface area contributed by atoms with Crippen LogP contribution in [0.5, 0.6) is 0 Å². The number of nitrogens with zero attached hydrogens (tertiary/aromatic N) is 1. The summed E-state index contributed by atoms with van der Waals surface area (Å²) >= 11 is 5.83. The minimum Gasteiger partial charge on any atom is -0.308 e. The number of carbonyl (C=O) groups excluding carboxylic acids is 1. The molecule has 2 amide bonds. The molecule has 0 spiro atoms. The van der Waals surface area contributed by atoms with Gasteiger partial charge in [0.15, 0.2) is 0 Å². The summed E-state index contributed by atoms with van der Waals surface area (Å²) in [5.41, 5.74) is 1.51. The van der Waals surface area contributed by atoms with Crippen LogP contribution in [0.2, 0.25) is 0 Å². The van der Waals surface area contributed by atoms with E-state index in [0.717, 1.165) is 11.4 Å². The van der Waals surface area contributed by atoms with E-state index in [1.165, 1.54) is 4.90 Å². The summed E-state index contributed by atoms with van der Waals surface area (Å²) in [6.45, 7) is 0. The van der Waals surface area contributed by atoms with Crippen LogP contribution in [0.4, 0.5) is 16.2 Å². The maximum Gasteiger partial charge on any atom is 0.327 e. The van der Waals surface area contributed by atoms with Crippen molar-refractivity contribution >= 4 is 29.0 Å². The molecule has 0 heterocycles. The SMILES string of the molecule is O=C(Nc1ccccc1)N(CCl)c1ccccc1. The third-order valence-electron chi connectivity index (χ3n) is 2.46. The number of hydrogen-bond donors (Lipinski definition) is 1. The highest BCUT2D eigenvalue weighted by Gasteiger charge is 2.13. The topological polar surface area (TPSA) is 32.3 Å². The number of benzene rings is 2. The van der Waals surface area contributed by atoms with Crippen molar-refractivity contribution in [3.8, 4) is 0 Å². The molecule has 0 aromatic heterocycles. The second kappa shape index (κ2) is 6.07. The Kier molecular flexibility index (Phi) is 4.20. The number of rotatable bonds is 3. The molecule has 0 atom stereocenters. The second-order valence-corrected chi connectivity index (χ2v) is 3.92. The summed E-state index contributed by atoms with van der Waals surface area (Å²) < 4.78 is 0. The van der Waals surface area contributed by atoms with Crippen molar-refractivity contribution in [1.82, 2.24) is 0 Å². The smallest absolute Gasteiger partial charge is 0.308 e. The van der Waals surface area contributed by atoms with Crippen LogP contribution >= 0.6 is 11.6 Å². The van der Waals surface area contributed by atoms with Gasteiger partial charge in [0.1, 0.15) is 6.00 Å². The predicted molar refractivity (Wildman–Crippen MR) is 75.1 cm³/mol. The van der Waals surface area contributed by atoms with Gasteiger partial charge in [-0.1, -0.05) is 36.4 Å². The Balaban J connectivity index is 2.12. The third-order valence-corrected chi connectivity index (χ3v) is 2.70. The lowest BCUT2D eigenvalue weighted by molar-refractivity contribution is 0.257. The van der Waals surface area contributed by atoms with Gasteiger partial charge < -0.3 is 5.32 Å². The van der Waals surface area contributed by atoms with E-state index in [1.54, 1.807) is 0 Å². The lowest BCUT2D eigenvalue weighted by Gasteiger charge is -2.20. The van der Waals surface area contributed by atoms with E-state index >= 15 is 0 Å². The van der Waals surface area contributed by atoms with Gasteiger partial charge in [-0.3, -0.25) is 4.90 Å². The van der Waals surface area contributed by atoms with Gasteiger partial charge in [-0.05, 0) is 24.3 Å². The molecule has 0 aliphatic rings. The fraction of sp³-hybridized carbons (Fsp3) is 0.0714. The first kappa shape index (κ1) is 12.5. The number of hydrogen-bond acceptors (Lipinski definition) is 1. The molecule has 2 aromatic carbocycles. The number of amides is 2. The average Bonchev–Trinajstić information content (AvgIpc) is 2.42. The Labute approximate surface area is 111 Å². The predicted octanol–water partition coefficient (Wildman–Crippen LogP) is 3.92. The summed E-state index contributed by atoms with van der Waals surface area (Å²) in [6, 6.07) is 18.4. The van der Waals surface area contributed by atoms with Gasteiger partial charge in [0, 0.05) is 11.4 Å². The first-order chi connectivity index (χ1) is 8.81. The number of para-hydroxylation sites is 2. The molecule has 3 nitrogen and oxygen atoms in total. The zero-order valence-corrected chi connectivity index (χ0v) is 10.5. The number of nitrogens with one attached hydrogen (secondary N) is 1. The molecule has 0 unspecified atom stereocenters. The van der Waals surface area contributed by atoms with Crippen molar-refractivity contribution in [2.24, 2.45) is 0 Å². The molecule has 1 N–H and O–H groups in total. The van der Waals surface area contributed by atoms with Crippen LogP contribution in [0.3, 0.4) is 0 Å². The summed E-state index contributed by atoms with van der Waals surface area (Å²) in [5, 5.41) is 2.79. The van der Waals surface area contributed by atoms with Gasteiger partial charge in [0.05, 0.1) is 0 Å². The molecule has 0 saturated heterocycles.